The largest absolute Gasteiger partial charge is 0.496 e. The summed E-state index contributed by atoms with van der Waals surface area (Å²) in [5.74, 6) is 0.867. The van der Waals surface area contributed by atoms with Crippen LogP contribution in [0.2, 0.25) is 0 Å². The van der Waals surface area contributed by atoms with Crippen molar-refractivity contribution in [1.29, 1.82) is 0 Å². The molecule has 0 amide bonds. The topological polar surface area (TPSA) is 44.5 Å². The molecule has 0 aliphatic rings. The minimum absolute atomic E-state index is 0.124. The van der Waals surface area contributed by atoms with Crippen molar-refractivity contribution in [3.8, 4) is 5.75 Å². The van der Waals surface area contributed by atoms with Crippen LogP contribution in [0.4, 0.5) is 0 Å². The van der Waals surface area contributed by atoms with Crippen LogP contribution in [-0.2, 0) is 11.2 Å². The van der Waals surface area contributed by atoms with Gasteiger partial charge in [-0.2, -0.15) is 0 Å². The Hall–Kier alpha value is -1.84. The number of para-hydroxylation sites is 1. The molecule has 2 aromatic rings. The van der Waals surface area contributed by atoms with Crippen LogP contribution in [0, 0.1) is 0 Å². The molecule has 0 spiro atoms. The number of rotatable bonds is 6. The molecule has 2 atom stereocenters. The molecule has 0 bridgehead atoms. The molecule has 0 saturated heterocycles. The van der Waals surface area contributed by atoms with Crippen molar-refractivity contribution in [2.75, 3.05) is 14.2 Å². The lowest BCUT2D eigenvalue weighted by Gasteiger charge is -2.23. The molecule has 2 N–H and O–H groups in total. The zero-order valence-corrected chi connectivity index (χ0v) is 12.0. The van der Waals surface area contributed by atoms with Crippen LogP contribution in [0.1, 0.15) is 17.2 Å². The predicted molar refractivity (Wildman–Crippen MR) is 80.9 cm³/mol. The zero-order chi connectivity index (χ0) is 14.4. The van der Waals surface area contributed by atoms with Gasteiger partial charge in [-0.1, -0.05) is 48.5 Å². The zero-order valence-electron chi connectivity index (χ0n) is 12.0. The molecule has 0 heterocycles. The number of nitrogens with two attached hydrogens (primary N) is 1. The summed E-state index contributed by atoms with van der Waals surface area (Å²) in [6, 6.07) is 17.9. The molecular formula is C17H21NO2. The molecule has 20 heavy (non-hydrogen) atoms. The van der Waals surface area contributed by atoms with E-state index in [0.717, 1.165) is 16.9 Å². The number of ether oxygens (including phenoxy) is 2. The number of methoxy groups -OCH3 is 2. The van der Waals surface area contributed by atoms with Crippen molar-refractivity contribution in [2.24, 2.45) is 5.73 Å². The van der Waals surface area contributed by atoms with E-state index < -0.39 is 0 Å². The summed E-state index contributed by atoms with van der Waals surface area (Å²) in [4.78, 5) is 0. The Morgan fingerprint density at radius 3 is 2.25 bits per heavy atom. The van der Waals surface area contributed by atoms with Gasteiger partial charge >= 0.3 is 0 Å². The van der Waals surface area contributed by atoms with E-state index in [9.17, 15) is 0 Å². The lowest BCUT2D eigenvalue weighted by molar-refractivity contribution is 0.0801. The molecule has 0 aliphatic heterocycles. The molecule has 2 aromatic carbocycles. The molecule has 0 aromatic heterocycles. The Morgan fingerprint density at radius 2 is 1.60 bits per heavy atom. The van der Waals surface area contributed by atoms with Gasteiger partial charge in [-0.15, -0.1) is 0 Å². The van der Waals surface area contributed by atoms with E-state index in [1.807, 2.05) is 54.6 Å². The van der Waals surface area contributed by atoms with E-state index in [0.29, 0.717) is 6.42 Å². The van der Waals surface area contributed by atoms with Crippen LogP contribution in [0.15, 0.2) is 54.6 Å². The van der Waals surface area contributed by atoms with E-state index >= 15 is 0 Å². The van der Waals surface area contributed by atoms with Gasteiger partial charge in [0.15, 0.2) is 0 Å². The highest BCUT2D eigenvalue weighted by molar-refractivity contribution is 5.34. The Balaban J connectivity index is 2.15. The van der Waals surface area contributed by atoms with Gasteiger partial charge in [-0.05, 0) is 23.6 Å². The Bertz CT molecular complexity index is 528. The van der Waals surface area contributed by atoms with E-state index in [4.69, 9.17) is 15.2 Å². The average molecular weight is 271 g/mol. The Morgan fingerprint density at radius 1 is 0.950 bits per heavy atom. The maximum Gasteiger partial charge on any atom is 0.122 e. The summed E-state index contributed by atoms with van der Waals surface area (Å²) in [6.45, 7) is 0. The van der Waals surface area contributed by atoms with Gasteiger partial charge in [0.05, 0.1) is 13.2 Å². The fourth-order valence-electron chi connectivity index (χ4n) is 2.43. The van der Waals surface area contributed by atoms with Gasteiger partial charge in [0.2, 0.25) is 0 Å². The van der Waals surface area contributed by atoms with Gasteiger partial charge in [0.25, 0.3) is 0 Å². The fourth-order valence-corrected chi connectivity index (χ4v) is 2.43. The number of benzene rings is 2. The first-order valence-corrected chi connectivity index (χ1v) is 6.71. The van der Waals surface area contributed by atoms with Gasteiger partial charge in [-0.3, -0.25) is 0 Å². The first kappa shape index (κ1) is 14.6. The van der Waals surface area contributed by atoms with Crippen molar-refractivity contribution in [3.05, 3.63) is 65.7 Å². The summed E-state index contributed by atoms with van der Waals surface area (Å²) in [5, 5.41) is 0. The molecule has 3 nitrogen and oxygen atoms in total. The monoisotopic (exact) mass is 271 g/mol. The third-order valence-electron chi connectivity index (χ3n) is 3.42. The van der Waals surface area contributed by atoms with E-state index in [1.165, 1.54) is 0 Å². The van der Waals surface area contributed by atoms with Crippen molar-refractivity contribution in [1.82, 2.24) is 0 Å². The molecule has 0 aliphatic carbocycles. The molecule has 2 rings (SSSR count). The standard InChI is InChI=1S/C17H21NO2/c1-19-16-11-7-6-10-14(16)12-15(18)17(20-2)13-8-4-3-5-9-13/h3-11,15,17H,12,18H2,1-2H3. The molecule has 3 heteroatoms. The van der Waals surface area contributed by atoms with Crippen LogP contribution in [-0.4, -0.2) is 20.3 Å². The quantitative estimate of drug-likeness (QED) is 0.878. The van der Waals surface area contributed by atoms with Gasteiger partial charge in [0.1, 0.15) is 5.75 Å². The van der Waals surface area contributed by atoms with Gasteiger partial charge in [0, 0.05) is 13.2 Å². The van der Waals surface area contributed by atoms with Gasteiger partial charge < -0.3 is 15.2 Å². The van der Waals surface area contributed by atoms with Crippen LogP contribution in [0.25, 0.3) is 0 Å². The third kappa shape index (κ3) is 3.38. The summed E-state index contributed by atoms with van der Waals surface area (Å²) >= 11 is 0. The predicted octanol–water partition coefficient (Wildman–Crippen LogP) is 2.95. The second-order valence-corrected chi connectivity index (χ2v) is 4.75. The first-order chi connectivity index (χ1) is 9.76. The summed E-state index contributed by atoms with van der Waals surface area (Å²) in [7, 11) is 3.37. The third-order valence-corrected chi connectivity index (χ3v) is 3.42. The van der Waals surface area contributed by atoms with Crippen LogP contribution in [0.5, 0.6) is 5.75 Å². The summed E-state index contributed by atoms with van der Waals surface area (Å²) in [5.41, 5.74) is 8.53. The number of hydrogen-bond acceptors (Lipinski definition) is 3. The van der Waals surface area contributed by atoms with Crippen molar-refractivity contribution in [2.45, 2.75) is 18.6 Å². The second-order valence-electron chi connectivity index (χ2n) is 4.75. The van der Waals surface area contributed by atoms with E-state index in [1.54, 1.807) is 14.2 Å². The van der Waals surface area contributed by atoms with Crippen LogP contribution in [0.3, 0.4) is 0 Å². The highest BCUT2D eigenvalue weighted by atomic mass is 16.5. The highest BCUT2D eigenvalue weighted by Gasteiger charge is 2.20. The van der Waals surface area contributed by atoms with Crippen LogP contribution < -0.4 is 10.5 Å². The Kier molecular flexibility index (Phi) is 5.16. The SMILES string of the molecule is COc1ccccc1CC(N)C(OC)c1ccccc1. The van der Waals surface area contributed by atoms with Crippen molar-refractivity contribution < 1.29 is 9.47 Å². The lowest BCUT2D eigenvalue weighted by atomic mass is 9.96. The van der Waals surface area contributed by atoms with Crippen LogP contribution >= 0.6 is 0 Å². The molecular weight excluding hydrogens is 250 g/mol. The minimum Gasteiger partial charge on any atom is -0.496 e. The fraction of sp³-hybridized carbons (Fsp3) is 0.294. The van der Waals surface area contributed by atoms with Gasteiger partial charge in [-0.25, -0.2) is 0 Å². The summed E-state index contributed by atoms with van der Waals surface area (Å²) < 4.78 is 10.9. The first-order valence-electron chi connectivity index (χ1n) is 6.71. The van der Waals surface area contributed by atoms with Crippen molar-refractivity contribution >= 4 is 0 Å². The molecule has 2 unspecified atom stereocenters. The van der Waals surface area contributed by atoms with E-state index in [2.05, 4.69) is 0 Å². The average Bonchev–Trinajstić information content (AvgIpc) is 2.49. The smallest absolute Gasteiger partial charge is 0.122 e. The van der Waals surface area contributed by atoms with Crippen molar-refractivity contribution in [3.63, 3.8) is 0 Å². The maximum absolute atomic E-state index is 6.34. The normalized spacial score (nSPS) is 13.8. The minimum atomic E-state index is -0.126. The number of hydrogen-bond donors (Lipinski definition) is 1. The highest BCUT2D eigenvalue weighted by Crippen LogP contribution is 2.25. The summed E-state index contributed by atoms with van der Waals surface area (Å²) in [6.07, 6.45) is 0.582. The van der Waals surface area contributed by atoms with E-state index in [-0.39, 0.29) is 12.1 Å². The second kappa shape index (κ2) is 7.08. The molecule has 0 radical (unpaired) electrons. The lowest BCUT2D eigenvalue weighted by Crippen LogP contribution is -2.32. The Labute approximate surface area is 120 Å². The maximum atomic E-state index is 6.34. The molecule has 0 fully saturated rings. The molecule has 106 valence electrons. The molecule has 0 saturated carbocycles.